The largest absolute Gasteiger partial charge is 0.497 e. The molecule has 0 heterocycles. The van der Waals surface area contributed by atoms with Crippen LogP contribution in [0.5, 0.6) is 5.75 Å². The van der Waals surface area contributed by atoms with E-state index in [2.05, 4.69) is 49.5 Å². The molecule has 1 unspecified atom stereocenters. The molecule has 1 fully saturated rings. The quantitative estimate of drug-likeness (QED) is 0.898. The Labute approximate surface area is 114 Å². The van der Waals surface area contributed by atoms with E-state index < -0.39 is 0 Å². The molecule has 1 atom stereocenters. The van der Waals surface area contributed by atoms with Gasteiger partial charge in [-0.05, 0) is 46.4 Å². The minimum atomic E-state index is 0.490. The SMILES string of the molecule is COc1ccc2cc(CNC3CC3(C)C)ccc2c1. The lowest BCUT2D eigenvalue weighted by atomic mass is 10.1. The molecule has 1 N–H and O–H groups in total. The Morgan fingerprint density at radius 1 is 1.16 bits per heavy atom. The van der Waals surface area contributed by atoms with E-state index in [-0.39, 0.29) is 0 Å². The van der Waals surface area contributed by atoms with Crippen LogP contribution in [0, 0.1) is 5.41 Å². The molecule has 0 spiro atoms. The van der Waals surface area contributed by atoms with Crippen LogP contribution < -0.4 is 10.1 Å². The molecular weight excluding hydrogens is 234 g/mol. The molecule has 0 radical (unpaired) electrons. The summed E-state index contributed by atoms with van der Waals surface area (Å²) in [5.41, 5.74) is 1.84. The smallest absolute Gasteiger partial charge is 0.119 e. The van der Waals surface area contributed by atoms with E-state index in [0.29, 0.717) is 11.5 Å². The first-order valence-electron chi connectivity index (χ1n) is 6.88. The summed E-state index contributed by atoms with van der Waals surface area (Å²) in [7, 11) is 1.71. The lowest BCUT2D eigenvalue weighted by molar-refractivity contribution is 0.415. The van der Waals surface area contributed by atoms with Crippen molar-refractivity contribution in [1.29, 1.82) is 0 Å². The van der Waals surface area contributed by atoms with Gasteiger partial charge in [-0.1, -0.05) is 32.0 Å². The van der Waals surface area contributed by atoms with E-state index in [0.717, 1.165) is 12.3 Å². The monoisotopic (exact) mass is 255 g/mol. The van der Waals surface area contributed by atoms with Gasteiger partial charge >= 0.3 is 0 Å². The Hall–Kier alpha value is -1.54. The molecule has 0 aliphatic heterocycles. The molecule has 2 heteroatoms. The molecule has 1 aliphatic carbocycles. The van der Waals surface area contributed by atoms with Crippen molar-refractivity contribution in [2.45, 2.75) is 32.9 Å². The molecular formula is C17H21NO. The number of benzene rings is 2. The second-order valence-corrected chi connectivity index (χ2v) is 6.17. The van der Waals surface area contributed by atoms with Gasteiger partial charge in [-0.3, -0.25) is 0 Å². The molecule has 2 nitrogen and oxygen atoms in total. The van der Waals surface area contributed by atoms with Crippen molar-refractivity contribution in [3.05, 3.63) is 42.0 Å². The number of rotatable bonds is 4. The second-order valence-electron chi connectivity index (χ2n) is 6.17. The minimum Gasteiger partial charge on any atom is -0.497 e. The third kappa shape index (κ3) is 2.59. The van der Waals surface area contributed by atoms with Crippen molar-refractivity contribution < 1.29 is 4.74 Å². The Bertz CT molecular complexity index is 603. The molecule has 19 heavy (non-hydrogen) atoms. The summed E-state index contributed by atoms with van der Waals surface area (Å²) in [5, 5.41) is 6.13. The first-order chi connectivity index (χ1) is 9.08. The number of methoxy groups -OCH3 is 1. The van der Waals surface area contributed by atoms with Gasteiger partial charge in [0, 0.05) is 12.6 Å². The molecule has 0 saturated heterocycles. The normalized spacial score (nSPS) is 20.5. The summed E-state index contributed by atoms with van der Waals surface area (Å²) in [6.45, 7) is 5.59. The summed E-state index contributed by atoms with van der Waals surface area (Å²) in [6.07, 6.45) is 1.29. The summed E-state index contributed by atoms with van der Waals surface area (Å²) in [6, 6.07) is 13.5. The third-order valence-electron chi connectivity index (χ3n) is 4.18. The summed E-state index contributed by atoms with van der Waals surface area (Å²) < 4.78 is 5.25. The van der Waals surface area contributed by atoms with Gasteiger partial charge in [0.2, 0.25) is 0 Å². The third-order valence-corrected chi connectivity index (χ3v) is 4.18. The Morgan fingerprint density at radius 2 is 1.84 bits per heavy atom. The van der Waals surface area contributed by atoms with Crippen molar-refractivity contribution in [2.24, 2.45) is 5.41 Å². The van der Waals surface area contributed by atoms with Crippen LogP contribution in [0.4, 0.5) is 0 Å². The molecule has 2 aromatic rings. The number of nitrogens with one attached hydrogen (secondary N) is 1. The highest BCUT2D eigenvalue weighted by molar-refractivity contribution is 5.84. The van der Waals surface area contributed by atoms with Gasteiger partial charge < -0.3 is 10.1 Å². The van der Waals surface area contributed by atoms with Crippen LogP contribution in [0.2, 0.25) is 0 Å². The van der Waals surface area contributed by atoms with E-state index in [1.165, 1.54) is 22.8 Å². The molecule has 1 saturated carbocycles. The van der Waals surface area contributed by atoms with Crippen LogP contribution >= 0.6 is 0 Å². The second kappa shape index (κ2) is 4.53. The predicted molar refractivity (Wildman–Crippen MR) is 79.5 cm³/mol. The van der Waals surface area contributed by atoms with Crippen LogP contribution in [0.1, 0.15) is 25.8 Å². The summed E-state index contributed by atoms with van der Waals surface area (Å²) >= 11 is 0. The van der Waals surface area contributed by atoms with E-state index in [1.54, 1.807) is 7.11 Å². The van der Waals surface area contributed by atoms with Gasteiger partial charge in [0.05, 0.1) is 7.11 Å². The average Bonchev–Trinajstić information content (AvgIpc) is 3.03. The topological polar surface area (TPSA) is 21.3 Å². The maximum Gasteiger partial charge on any atom is 0.119 e. The first-order valence-corrected chi connectivity index (χ1v) is 6.88. The van der Waals surface area contributed by atoms with E-state index in [1.807, 2.05) is 6.07 Å². The average molecular weight is 255 g/mol. The van der Waals surface area contributed by atoms with Crippen LogP contribution in [-0.4, -0.2) is 13.2 Å². The van der Waals surface area contributed by atoms with Crippen LogP contribution in [0.15, 0.2) is 36.4 Å². The zero-order valence-electron chi connectivity index (χ0n) is 11.9. The summed E-state index contributed by atoms with van der Waals surface area (Å²) in [4.78, 5) is 0. The van der Waals surface area contributed by atoms with E-state index >= 15 is 0 Å². The molecule has 0 aromatic heterocycles. The van der Waals surface area contributed by atoms with Crippen molar-refractivity contribution in [3.63, 3.8) is 0 Å². The number of hydrogen-bond acceptors (Lipinski definition) is 2. The van der Waals surface area contributed by atoms with Crippen molar-refractivity contribution >= 4 is 10.8 Å². The van der Waals surface area contributed by atoms with Crippen LogP contribution in [-0.2, 0) is 6.54 Å². The molecule has 0 amide bonds. The first kappa shape index (κ1) is 12.5. The zero-order chi connectivity index (χ0) is 13.5. The van der Waals surface area contributed by atoms with Gasteiger partial charge in [-0.2, -0.15) is 0 Å². The van der Waals surface area contributed by atoms with Crippen molar-refractivity contribution in [1.82, 2.24) is 5.32 Å². The molecule has 100 valence electrons. The minimum absolute atomic E-state index is 0.490. The fourth-order valence-corrected chi connectivity index (χ4v) is 2.57. The van der Waals surface area contributed by atoms with Crippen molar-refractivity contribution in [3.8, 4) is 5.75 Å². The lowest BCUT2D eigenvalue weighted by Crippen LogP contribution is -2.19. The Morgan fingerprint density at radius 3 is 2.53 bits per heavy atom. The lowest BCUT2D eigenvalue weighted by Gasteiger charge is -2.08. The Kier molecular flexibility index (Phi) is 2.98. The number of ether oxygens (including phenoxy) is 1. The molecule has 3 rings (SSSR count). The molecule has 0 bridgehead atoms. The standard InChI is InChI=1S/C17H21NO/c1-17(2)10-16(17)18-11-12-4-5-14-9-15(19-3)7-6-13(14)8-12/h4-9,16,18H,10-11H2,1-3H3. The highest BCUT2D eigenvalue weighted by Crippen LogP contribution is 2.44. The summed E-state index contributed by atoms with van der Waals surface area (Å²) in [5.74, 6) is 0.915. The van der Waals surface area contributed by atoms with E-state index in [4.69, 9.17) is 4.74 Å². The maximum atomic E-state index is 5.25. The molecule has 2 aromatic carbocycles. The van der Waals surface area contributed by atoms with Crippen LogP contribution in [0.25, 0.3) is 10.8 Å². The molecule has 1 aliphatic rings. The van der Waals surface area contributed by atoms with Gasteiger partial charge in [-0.15, -0.1) is 0 Å². The number of hydrogen-bond donors (Lipinski definition) is 1. The van der Waals surface area contributed by atoms with Crippen LogP contribution in [0.3, 0.4) is 0 Å². The fraction of sp³-hybridized carbons (Fsp3) is 0.412. The zero-order valence-corrected chi connectivity index (χ0v) is 11.9. The van der Waals surface area contributed by atoms with Gasteiger partial charge in [-0.25, -0.2) is 0 Å². The van der Waals surface area contributed by atoms with E-state index in [9.17, 15) is 0 Å². The van der Waals surface area contributed by atoms with Crippen molar-refractivity contribution in [2.75, 3.05) is 7.11 Å². The van der Waals surface area contributed by atoms with Gasteiger partial charge in [0.15, 0.2) is 0 Å². The highest BCUT2D eigenvalue weighted by Gasteiger charge is 2.44. The van der Waals surface area contributed by atoms with Gasteiger partial charge in [0.25, 0.3) is 0 Å². The highest BCUT2D eigenvalue weighted by atomic mass is 16.5. The van der Waals surface area contributed by atoms with Gasteiger partial charge in [0.1, 0.15) is 5.75 Å². The Balaban J connectivity index is 1.74. The maximum absolute atomic E-state index is 5.25. The number of fused-ring (bicyclic) bond motifs is 1. The fourth-order valence-electron chi connectivity index (χ4n) is 2.57. The predicted octanol–water partition coefficient (Wildman–Crippen LogP) is 3.74.